The minimum atomic E-state index is 0.0487. The second-order valence-corrected chi connectivity index (χ2v) is 4.45. The van der Waals surface area contributed by atoms with Crippen LogP contribution in [-0.4, -0.2) is 40.1 Å². The lowest BCUT2D eigenvalue weighted by atomic mass is 10.0. The fourth-order valence-electron chi connectivity index (χ4n) is 1.87. The van der Waals surface area contributed by atoms with Gasteiger partial charge in [0.1, 0.15) is 5.75 Å². The van der Waals surface area contributed by atoms with Gasteiger partial charge in [0.25, 0.3) is 0 Å². The highest BCUT2D eigenvalue weighted by atomic mass is 16.5. The molecule has 0 saturated carbocycles. The quantitative estimate of drug-likeness (QED) is 0.398. The van der Waals surface area contributed by atoms with Crippen molar-refractivity contribution < 1.29 is 14.2 Å². The zero-order chi connectivity index (χ0) is 14.1. The Morgan fingerprint density at radius 3 is 2.68 bits per heavy atom. The molecule has 0 bridgehead atoms. The summed E-state index contributed by atoms with van der Waals surface area (Å²) in [5, 5.41) is 0. The third-order valence-electron chi connectivity index (χ3n) is 2.89. The minimum Gasteiger partial charge on any atom is -0.496 e. The molecule has 0 aliphatic rings. The zero-order valence-electron chi connectivity index (χ0n) is 11.9. The van der Waals surface area contributed by atoms with E-state index in [2.05, 4.69) is 18.4 Å². The van der Waals surface area contributed by atoms with Crippen molar-refractivity contribution in [2.45, 2.75) is 19.4 Å². The topological polar surface area (TPSA) is 65.7 Å². The zero-order valence-corrected chi connectivity index (χ0v) is 11.9. The Morgan fingerprint density at radius 2 is 2.05 bits per heavy atom. The van der Waals surface area contributed by atoms with Gasteiger partial charge in [0.2, 0.25) is 0 Å². The molecule has 0 aliphatic heterocycles. The number of nitrogens with one attached hydrogen (secondary N) is 1. The third-order valence-corrected chi connectivity index (χ3v) is 2.89. The molecule has 3 N–H and O–H groups in total. The van der Waals surface area contributed by atoms with Gasteiger partial charge in [-0.3, -0.25) is 11.3 Å². The first kappa shape index (κ1) is 15.9. The number of rotatable bonds is 9. The second kappa shape index (κ2) is 8.87. The van der Waals surface area contributed by atoms with E-state index in [4.69, 9.17) is 20.1 Å². The van der Waals surface area contributed by atoms with Crippen molar-refractivity contribution in [3.8, 4) is 5.75 Å². The van der Waals surface area contributed by atoms with Gasteiger partial charge in [-0.05, 0) is 25.0 Å². The molecule has 0 amide bonds. The molecule has 1 aromatic rings. The van der Waals surface area contributed by atoms with E-state index in [0.717, 1.165) is 17.7 Å². The summed E-state index contributed by atoms with van der Waals surface area (Å²) in [5.74, 6) is 6.44. The first-order chi connectivity index (χ1) is 9.21. The largest absolute Gasteiger partial charge is 0.496 e. The van der Waals surface area contributed by atoms with Crippen molar-refractivity contribution in [2.75, 3.05) is 34.0 Å². The number of hydrogen-bond donors (Lipinski definition) is 2. The summed E-state index contributed by atoms with van der Waals surface area (Å²) in [4.78, 5) is 0. The Labute approximate surface area is 115 Å². The van der Waals surface area contributed by atoms with E-state index in [-0.39, 0.29) is 6.04 Å². The van der Waals surface area contributed by atoms with Crippen LogP contribution in [0.2, 0.25) is 0 Å². The molecule has 19 heavy (non-hydrogen) atoms. The van der Waals surface area contributed by atoms with Crippen LogP contribution in [0.3, 0.4) is 0 Å². The summed E-state index contributed by atoms with van der Waals surface area (Å²) in [7, 11) is 3.33. The van der Waals surface area contributed by atoms with Crippen LogP contribution in [0.1, 0.15) is 11.1 Å². The molecule has 0 fully saturated rings. The van der Waals surface area contributed by atoms with Crippen LogP contribution in [0.5, 0.6) is 5.75 Å². The van der Waals surface area contributed by atoms with Gasteiger partial charge in [0.15, 0.2) is 0 Å². The Balaban J connectivity index is 2.56. The SMILES string of the molecule is COCCOCC(Cc1cc(C)ccc1OC)NN. The van der Waals surface area contributed by atoms with Crippen LogP contribution in [0.15, 0.2) is 18.2 Å². The molecule has 1 atom stereocenters. The maximum atomic E-state index is 5.56. The maximum absolute atomic E-state index is 5.56. The van der Waals surface area contributed by atoms with Gasteiger partial charge in [-0.1, -0.05) is 17.7 Å². The van der Waals surface area contributed by atoms with E-state index in [1.807, 2.05) is 12.1 Å². The van der Waals surface area contributed by atoms with Crippen LogP contribution < -0.4 is 16.0 Å². The van der Waals surface area contributed by atoms with E-state index in [0.29, 0.717) is 19.8 Å². The number of aryl methyl sites for hydroxylation is 1. The number of methoxy groups -OCH3 is 2. The Hall–Kier alpha value is -1.14. The molecule has 0 saturated heterocycles. The van der Waals surface area contributed by atoms with Crippen LogP contribution in [0, 0.1) is 6.92 Å². The van der Waals surface area contributed by atoms with Crippen molar-refractivity contribution in [2.24, 2.45) is 5.84 Å². The first-order valence-corrected chi connectivity index (χ1v) is 6.37. The van der Waals surface area contributed by atoms with Crippen molar-refractivity contribution in [1.29, 1.82) is 0 Å². The maximum Gasteiger partial charge on any atom is 0.122 e. The summed E-state index contributed by atoms with van der Waals surface area (Å²) in [6.45, 7) is 3.75. The molecule has 5 heteroatoms. The predicted octanol–water partition coefficient (Wildman–Crippen LogP) is 1.04. The number of ether oxygens (including phenoxy) is 3. The van der Waals surface area contributed by atoms with Gasteiger partial charge in [0.05, 0.1) is 26.9 Å². The highest BCUT2D eigenvalue weighted by molar-refractivity contribution is 5.37. The van der Waals surface area contributed by atoms with Gasteiger partial charge in [0, 0.05) is 13.2 Å². The second-order valence-electron chi connectivity index (χ2n) is 4.45. The van der Waals surface area contributed by atoms with Crippen LogP contribution >= 0.6 is 0 Å². The van der Waals surface area contributed by atoms with Crippen LogP contribution in [0.25, 0.3) is 0 Å². The first-order valence-electron chi connectivity index (χ1n) is 6.37. The fourth-order valence-corrected chi connectivity index (χ4v) is 1.87. The van der Waals surface area contributed by atoms with Gasteiger partial charge < -0.3 is 14.2 Å². The summed E-state index contributed by atoms with van der Waals surface area (Å²) in [6, 6.07) is 6.16. The molecule has 1 aromatic carbocycles. The molecule has 0 aromatic heterocycles. The lowest BCUT2D eigenvalue weighted by molar-refractivity contribution is 0.0586. The minimum absolute atomic E-state index is 0.0487. The predicted molar refractivity (Wildman–Crippen MR) is 75.2 cm³/mol. The van der Waals surface area contributed by atoms with Crippen LogP contribution in [0.4, 0.5) is 0 Å². The lowest BCUT2D eigenvalue weighted by Crippen LogP contribution is -2.40. The number of benzene rings is 1. The fraction of sp³-hybridized carbons (Fsp3) is 0.571. The van der Waals surface area contributed by atoms with Crippen molar-refractivity contribution >= 4 is 0 Å². The number of hydrogen-bond acceptors (Lipinski definition) is 5. The Kier molecular flexibility index (Phi) is 7.43. The third kappa shape index (κ3) is 5.57. The molecule has 1 unspecified atom stereocenters. The standard InChI is InChI=1S/C14H24N2O3/c1-11-4-5-14(18-3)12(8-11)9-13(16-15)10-19-7-6-17-2/h4-5,8,13,16H,6-7,9-10,15H2,1-3H3. The molecule has 108 valence electrons. The van der Waals surface area contributed by atoms with E-state index in [1.165, 1.54) is 5.56 Å². The number of hydrazine groups is 1. The number of nitrogens with two attached hydrogens (primary N) is 1. The molecule has 0 radical (unpaired) electrons. The highest BCUT2D eigenvalue weighted by Gasteiger charge is 2.12. The van der Waals surface area contributed by atoms with Gasteiger partial charge in [-0.2, -0.15) is 0 Å². The van der Waals surface area contributed by atoms with E-state index < -0.39 is 0 Å². The summed E-state index contributed by atoms with van der Waals surface area (Å²) in [5.41, 5.74) is 5.10. The molecule has 0 heterocycles. The average Bonchev–Trinajstić information content (AvgIpc) is 2.42. The monoisotopic (exact) mass is 268 g/mol. The molecule has 0 aliphatic carbocycles. The van der Waals surface area contributed by atoms with E-state index in [1.54, 1.807) is 14.2 Å². The normalized spacial score (nSPS) is 12.4. The Bertz CT molecular complexity index is 372. The van der Waals surface area contributed by atoms with Crippen molar-refractivity contribution in [3.05, 3.63) is 29.3 Å². The Morgan fingerprint density at radius 1 is 1.26 bits per heavy atom. The molecular weight excluding hydrogens is 244 g/mol. The average molecular weight is 268 g/mol. The lowest BCUT2D eigenvalue weighted by Gasteiger charge is -2.18. The summed E-state index contributed by atoms with van der Waals surface area (Å²) in [6.07, 6.45) is 0.758. The molecule has 5 nitrogen and oxygen atoms in total. The van der Waals surface area contributed by atoms with Crippen LogP contribution in [-0.2, 0) is 15.9 Å². The van der Waals surface area contributed by atoms with Gasteiger partial charge in [-0.25, -0.2) is 0 Å². The van der Waals surface area contributed by atoms with Gasteiger partial charge >= 0.3 is 0 Å². The summed E-state index contributed by atoms with van der Waals surface area (Å²) < 4.78 is 15.8. The molecule has 1 rings (SSSR count). The molecule has 0 spiro atoms. The molecular formula is C14H24N2O3. The van der Waals surface area contributed by atoms with E-state index >= 15 is 0 Å². The van der Waals surface area contributed by atoms with E-state index in [9.17, 15) is 0 Å². The van der Waals surface area contributed by atoms with Gasteiger partial charge in [-0.15, -0.1) is 0 Å². The van der Waals surface area contributed by atoms with Crippen molar-refractivity contribution in [1.82, 2.24) is 5.43 Å². The summed E-state index contributed by atoms with van der Waals surface area (Å²) >= 11 is 0. The smallest absolute Gasteiger partial charge is 0.122 e. The highest BCUT2D eigenvalue weighted by Crippen LogP contribution is 2.21. The van der Waals surface area contributed by atoms with Crippen molar-refractivity contribution in [3.63, 3.8) is 0 Å².